The lowest BCUT2D eigenvalue weighted by Gasteiger charge is -2.20. The SMILES string of the molecule is O=C(O)C(CCc1ccccc1)NS(=O)(=O)N1CCCC1. The molecule has 1 aromatic carbocycles. The predicted molar refractivity (Wildman–Crippen MR) is 79.0 cm³/mol. The third kappa shape index (κ3) is 4.52. The highest BCUT2D eigenvalue weighted by Gasteiger charge is 2.30. The Morgan fingerprint density at radius 3 is 2.43 bits per heavy atom. The third-order valence-electron chi connectivity index (χ3n) is 3.56. The average Bonchev–Trinajstić information content (AvgIpc) is 2.99. The lowest BCUT2D eigenvalue weighted by atomic mass is 10.1. The number of aryl methyl sites for hydroxylation is 1. The van der Waals surface area contributed by atoms with Crippen LogP contribution >= 0.6 is 0 Å². The summed E-state index contributed by atoms with van der Waals surface area (Å²) in [5.41, 5.74) is 0.990. The molecule has 1 unspecified atom stereocenters. The summed E-state index contributed by atoms with van der Waals surface area (Å²) in [4.78, 5) is 11.3. The first-order chi connectivity index (χ1) is 9.99. The van der Waals surface area contributed by atoms with Gasteiger partial charge in [-0.05, 0) is 31.2 Å². The topological polar surface area (TPSA) is 86.7 Å². The van der Waals surface area contributed by atoms with Crippen molar-refractivity contribution in [1.82, 2.24) is 9.03 Å². The molecule has 0 aromatic heterocycles. The smallest absolute Gasteiger partial charge is 0.321 e. The number of carboxylic acid groups (broad SMARTS) is 1. The number of hydrogen-bond acceptors (Lipinski definition) is 3. The van der Waals surface area contributed by atoms with Gasteiger partial charge >= 0.3 is 5.97 Å². The van der Waals surface area contributed by atoms with Gasteiger partial charge in [0.05, 0.1) is 0 Å². The van der Waals surface area contributed by atoms with Crippen molar-refractivity contribution in [3.63, 3.8) is 0 Å². The highest BCUT2D eigenvalue weighted by Crippen LogP contribution is 2.13. The Balaban J connectivity index is 1.97. The van der Waals surface area contributed by atoms with Gasteiger partial charge in [0.15, 0.2) is 0 Å². The maximum Gasteiger partial charge on any atom is 0.321 e. The maximum absolute atomic E-state index is 12.1. The molecule has 0 saturated carbocycles. The van der Waals surface area contributed by atoms with Gasteiger partial charge < -0.3 is 5.11 Å². The largest absolute Gasteiger partial charge is 0.480 e. The van der Waals surface area contributed by atoms with Crippen molar-refractivity contribution in [2.45, 2.75) is 31.7 Å². The van der Waals surface area contributed by atoms with Crippen LogP contribution in [0.5, 0.6) is 0 Å². The van der Waals surface area contributed by atoms with Crippen LogP contribution in [-0.4, -0.2) is 42.9 Å². The van der Waals surface area contributed by atoms with Gasteiger partial charge in [-0.1, -0.05) is 30.3 Å². The molecule has 1 aliphatic heterocycles. The molecule has 116 valence electrons. The number of aliphatic carboxylic acids is 1. The highest BCUT2D eigenvalue weighted by molar-refractivity contribution is 7.87. The van der Waals surface area contributed by atoms with Gasteiger partial charge in [0.25, 0.3) is 10.2 Å². The summed E-state index contributed by atoms with van der Waals surface area (Å²) in [7, 11) is -3.71. The lowest BCUT2D eigenvalue weighted by molar-refractivity contribution is -0.139. The molecule has 1 aromatic rings. The first-order valence-corrected chi connectivity index (χ1v) is 8.47. The number of carboxylic acids is 1. The third-order valence-corrected chi connectivity index (χ3v) is 5.19. The van der Waals surface area contributed by atoms with Crippen molar-refractivity contribution < 1.29 is 18.3 Å². The van der Waals surface area contributed by atoms with Gasteiger partial charge in [0.1, 0.15) is 6.04 Å². The second kappa shape index (κ2) is 7.02. The molecule has 0 bridgehead atoms. The first kappa shape index (κ1) is 15.9. The number of nitrogens with one attached hydrogen (secondary N) is 1. The van der Waals surface area contributed by atoms with Crippen LogP contribution in [0.2, 0.25) is 0 Å². The summed E-state index contributed by atoms with van der Waals surface area (Å²) in [6, 6.07) is 8.32. The Bertz CT molecular complexity index is 568. The minimum atomic E-state index is -3.71. The molecule has 7 heteroatoms. The molecule has 0 aliphatic carbocycles. The van der Waals surface area contributed by atoms with E-state index in [1.807, 2.05) is 30.3 Å². The van der Waals surface area contributed by atoms with Crippen molar-refractivity contribution in [3.8, 4) is 0 Å². The van der Waals surface area contributed by atoms with Gasteiger partial charge in [-0.25, -0.2) is 0 Å². The van der Waals surface area contributed by atoms with Crippen LogP contribution in [0.15, 0.2) is 30.3 Å². The fraction of sp³-hybridized carbons (Fsp3) is 0.500. The molecule has 0 radical (unpaired) electrons. The predicted octanol–water partition coefficient (Wildman–Crippen LogP) is 1.00. The molecular weight excluding hydrogens is 292 g/mol. The van der Waals surface area contributed by atoms with E-state index in [0.29, 0.717) is 19.5 Å². The highest BCUT2D eigenvalue weighted by atomic mass is 32.2. The molecule has 21 heavy (non-hydrogen) atoms. The van der Waals surface area contributed by atoms with Gasteiger partial charge in [0.2, 0.25) is 0 Å². The molecule has 0 amide bonds. The van der Waals surface area contributed by atoms with Crippen molar-refractivity contribution in [2.75, 3.05) is 13.1 Å². The Kier molecular flexibility index (Phi) is 5.33. The molecule has 1 fully saturated rings. The Hall–Kier alpha value is -1.44. The summed E-state index contributed by atoms with van der Waals surface area (Å²) in [5, 5.41) is 9.21. The van der Waals surface area contributed by atoms with Crippen molar-refractivity contribution in [1.29, 1.82) is 0 Å². The maximum atomic E-state index is 12.1. The number of rotatable bonds is 7. The standard InChI is InChI=1S/C14H20N2O4S/c17-14(18)13(9-8-12-6-2-1-3-7-12)15-21(19,20)16-10-4-5-11-16/h1-3,6-7,13,15H,4-5,8-11H2,(H,17,18). The number of hydrogen-bond donors (Lipinski definition) is 2. The van der Waals surface area contributed by atoms with E-state index in [1.165, 1.54) is 4.31 Å². The van der Waals surface area contributed by atoms with Crippen LogP contribution in [0.25, 0.3) is 0 Å². The molecular formula is C14H20N2O4S. The fourth-order valence-corrected chi connectivity index (χ4v) is 3.84. The Morgan fingerprint density at radius 1 is 1.24 bits per heavy atom. The molecule has 0 spiro atoms. The summed E-state index contributed by atoms with van der Waals surface area (Å²) in [5.74, 6) is -1.14. The van der Waals surface area contributed by atoms with E-state index >= 15 is 0 Å². The van der Waals surface area contributed by atoms with E-state index in [9.17, 15) is 18.3 Å². The summed E-state index contributed by atoms with van der Waals surface area (Å²) < 4.78 is 27.8. The van der Waals surface area contributed by atoms with Crippen LogP contribution in [0, 0.1) is 0 Å². The van der Waals surface area contributed by atoms with Crippen LogP contribution in [-0.2, 0) is 21.4 Å². The van der Waals surface area contributed by atoms with Crippen molar-refractivity contribution in [2.24, 2.45) is 0 Å². The van der Waals surface area contributed by atoms with Crippen LogP contribution in [0.1, 0.15) is 24.8 Å². The first-order valence-electron chi connectivity index (χ1n) is 7.03. The van der Waals surface area contributed by atoms with E-state index in [0.717, 1.165) is 18.4 Å². The Labute approximate surface area is 125 Å². The molecule has 1 heterocycles. The van der Waals surface area contributed by atoms with Crippen molar-refractivity contribution >= 4 is 16.2 Å². The van der Waals surface area contributed by atoms with E-state index in [4.69, 9.17) is 0 Å². The van der Waals surface area contributed by atoms with E-state index in [2.05, 4.69) is 4.72 Å². The van der Waals surface area contributed by atoms with Crippen LogP contribution < -0.4 is 4.72 Å². The number of nitrogens with zero attached hydrogens (tertiary/aromatic N) is 1. The zero-order valence-electron chi connectivity index (χ0n) is 11.7. The zero-order valence-corrected chi connectivity index (χ0v) is 12.6. The van der Waals surface area contributed by atoms with Crippen LogP contribution in [0.4, 0.5) is 0 Å². The lowest BCUT2D eigenvalue weighted by Crippen LogP contribution is -2.47. The van der Waals surface area contributed by atoms with Gasteiger partial charge in [-0.2, -0.15) is 17.4 Å². The van der Waals surface area contributed by atoms with Crippen LogP contribution in [0.3, 0.4) is 0 Å². The summed E-state index contributed by atoms with van der Waals surface area (Å²) in [6.45, 7) is 0.917. The minimum absolute atomic E-state index is 0.229. The average molecular weight is 312 g/mol. The molecule has 2 rings (SSSR count). The second-order valence-corrected chi connectivity index (χ2v) is 6.85. The molecule has 1 atom stereocenters. The normalized spacial score (nSPS) is 17.7. The summed E-state index contributed by atoms with van der Waals surface area (Å²) in [6.07, 6.45) is 2.39. The van der Waals surface area contributed by atoms with E-state index in [1.54, 1.807) is 0 Å². The number of benzene rings is 1. The number of carbonyl (C=O) groups is 1. The molecule has 6 nitrogen and oxygen atoms in total. The quantitative estimate of drug-likeness (QED) is 0.786. The molecule has 1 aliphatic rings. The Morgan fingerprint density at radius 2 is 1.86 bits per heavy atom. The van der Waals surface area contributed by atoms with Crippen molar-refractivity contribution in [3.05, 3.63) is 35.9 Å². The van der Waals surface area contributed by atoms with Gasteiger partial charge in [-0.15, -0.1) is 0 Å². The fourth-order valence-electron chi connectivity index (χ4n) is 2.37. The second-order valence-electron chi connectivity index (χ2n) is 5.14. The molecule has 1 saturated heterocycles. The monoisotopic (exact) mass is 312 g/mol. The van der Waals surface area contributed by atoms with Gasteiger partial charge in [0, 0.05) is 13.1 Å². The zero-order chi connectivity index (χ0) is 15.3. The minimum Gasteiger partial charge on any atom is -0.480 e. The van der Waals surface area contributed by atoms with E-state index in [-0.39, 0.29) is 6.42 Å². The summed E-state index contributed by atoms with van der Waals surface area (Å²) >= 11 is 0. The molecule has 2 N–H and O–H groups in total. The van der Waals surface area contributed by atoms with E-state index < -0.39 is 22.2 Å². The van der Waals surface area contributed by atoms with Gasteiger partial charge in [-0.3, -0.25) is 4.79 Å².